The van der Waals surface area contributed by atoms with Gasteiger partial charge in [-0.2, -0.15) is 0 Å². The number of carbonyl (C=O) groups excluding carboxylic acids is 2. The van der Waals surface area contributed by atoms with E-state index in [-0.39, 0.29) is 18.4 Å². The van der Waals surface area contributed by atoms with Crippen LogP contribution in [0.1, 0.15) is 26.4 Å². The van der Waals surface area contributed by atoms with Crippen LogP contribution in [0.15, 0.2) is 42.5 Å². The van der Waals surface area contributed by atoms with Gasteiger partial charge in [-0.25, -0.2) is 0 Å². The summed E-state index contributed by atoms with van der Waals surface area (Å²) in [6.45, 7) is 6.91. The highest BCUT2D eigenvalue weighted by Gasteiger charge is 2.16. The highest BCUT2D eigenvalue weighted by atomic mass is 32.1. The molecule has 6 nitrogen and oxygen atoms in total. The van der Waals surface area contributed by atoms with E-state index in [1.165, 1.54) is 11.3 Å². The number of amides is 2. The maximum Gasteiger partial charge on any atom is 0.261 e. The van der Waals surface area contributed by atoms with Gasteiger partial charge < -0.3 is 20.1 Å². The minimum Gasteiger partial charge on any atom is -0.486 e. The van der Waals surface area contributed by atoms with Crippen LogP contribution < -0.4 is 20.1 Å². The molecule has 0 saturated carbocycles. The van der Waals surface area contributed by atoms with Crippen LogP contribution in [0.5, 0.6) is 11.5 Å². The fourth-order valence-electron chi connectivity index (χ4n) is 3.62. The number of anilines is 1. The predicted octanol–water partition coefficient (Wildman–Crippen LogP) is 4.48. The van der Waals surface area contributed by atoms with Crippen LogP contribution in [-0.2, 0) is 4.79 Å². The third kappa shape index (κ3) is 4.72. The van der Waals surface area contributed by atoms with Gasteiger partial charge in [0.2, 0.25) is 5.91 Å². The van der Waals surface area contributed by atoms with E-state index in [1.54, 1.807) is 6.07 Å². The van der Waals surface area contributed by atoms with Crippen molar-refractivity contribution in [2.75, 3.05) is 25.1 Å². The van der Waals surface area contributed by atoms with E-state index in [1.807, 2.05) is 57.2 Å². The zero-order valence-corrected chi connectivity index (χ0v) is 18.5. The molecule has 0 unspecified atom stereocenters. The predicted molar refractivity (Wildman–Crippen MR) is 122 cm³/mol. The number of benzene rings is 2. The average Bonchev–Trinajstić information content (AvgIpc) is 3.24. The first-order valence-electron chi connectivity index (χ1n) is 10.1. The highest BCUT2D eigenvalue weighted by molar-refractivity contribution is 7.17. The van der Waals surface area contributed by atoms with Gasteiger partial charge in [0.05, 0.1) is 11.4 Å². The Balaban J connectivity index is 1.38. The van der Waals surface area contributed by atoms with Gasteiger partial charge in [-0.3, -0.25) is 9.59 Å². The van der Waals surface area contributed by atoms with Crippen LogP contribution in [0.3, 0.4) is 0 Å². The number of nitrogens with one attached hydrogen (secondary N) is 2. The van der Waals surface area contributed by atoms with Crippen molar-refractivity contribution < 1.29 is 19.1 Å². The molecular formula is C24H24N2O4S. The van der Waals surface area contributed by atoms with E-state index >= 15 is 0 Å². The number of aryl methyl sites for hydroxylation is 3. The topological polar surface area (TPSA) is 76.7 Å². The Kier molecular flexibility index (Phi) is 5.95. The van der Waals surface area contributed by atoms with Gasteiger partial charge in [-0.05, 0) is 67.8 Å². The molecule has 0 bridgehead atoms. The number of rotatable bonds is 5. The van der Waals surface area contributed by atoms with Gasteiger partial charge in [0.1, 0.15) is 13.2 Å². The molecule has 1 aromatic heterocycles. The third-order valence-electron chi connectivity index (χ3n) is 5.01. The zero-order valence-electron chi connectivity index (χ0n) is 17.7. The molecule has 4 rings (SSSR count). The van der Waals surface area contributed by atoms with Crippen molar-refractivity contribution in [3.05, 3.63) is 64.0 Å². The fraction of sp³-hybridized carbons (Fsp3) is 0.250. The molecule has 7 heteroatoms. The Morgan fingerprint density at radius 1 is 0.935 bits per heavy atom. The Morgan fingerprint density at radius 3 is 2.39 bits per heavy atom. The standard InChI is InChI=1S/C24H24N2O4S/c1-14-10-15(2)23(16(3)11-14)26-22(27)13-25-24(28)21-7-6-20(31-21)17-4-5-18-19(12-17)30-9-8-29-18/h4-7,10-12H,8-9,13H2,1-3H3,(H,25,28)(H,26,27). The molecule has 3 aromatic rings. The second-order valence-electron chi connectivity index (χ2n) is 7.53. The Labute approximate surface area is 185 Å². The molecule has 1 aliphatic rings. The van der Waals surface area contributed by atoms with Gasteiger partial charge >= 0.3 is 0 Å². The second kappa shape index (κ2) is 8.81. The quantitative estimate of drug-likeness (QED) is 0.618. The molecule has 0 spiro atoms. The molecule has 0 saturated heterocycles. The van der Waals surface area contributed by atoms with Gasteiger partial charge in [0.15, 0.2) is 11.5 Å². The first-order valence-corrected chi connectivity index (χ1v) is 10.9. The monoisotopic (exact) mass is 436 g/mol. The maximum atomic E-state index is 12.5. The SMILES string of the molecule is Cc1cc(C)c(NC(=O)CNC(=O)c2ccc(-c3ccc4c(c3)OCCO4)s2)c(C)c1. The molecule has 0 fully saturated rings. The van der Waals surface area contributed by atoms with Crippen molar-refractivity contribution in [1.82, 2.24) is 5.32 Å². The van der Waals surface area contributed by atoms with E-state index in [4.69, 9.17) is 9.47 Å². The van der Waals surface area contributed by atoms with Gasteiger partial charge in [-0.1, -0.05) is 17.7 Å². The van der Waals surface area contributed by atoms with Crippen molar-refractivity contribution in [2.24, 2.45) is 0 Å². The molecule has 0 atom stereocenters. The van der Waals surface area contributed by atoms with Crippen LogP contribution in [0.2, 0.25) is 0 Å². The molecule has 160 valence electrons. The van der Waals surface area contributed by atoms with Gasteiger partial charge in [0.25, 0.3) is 5.91 Å². The summed E-state index contributed by atoms with van der Waals surface area (Å²) in [6, 6.07) is 13.4. The van der Waals surface area contributed by atoms with Crippen molar-refractivity contribution in [2.45, 2.75) is 20.8 Å². The van der Waals surface area contributed by atoms with E-state index in [0.717, 1.165) is 38.6 Å². The molecule has 0 radical (unpaired) electrons. The van der Waals surface area contributed by atoms with Crippen molar-refractivity contribution in [3.63, 3.8) is 0 Å². The van der Waals surface area contributed by atoms with Gasteiger partial charge in [-0.15, -0.1) is 11.3 Å². The normalized spacial score (nSPS) is 12.4. The van der Waals surface area contributed by atoms with Crippen LogP contribution in [0.4, 0.5) is 5.69 Å². The number of fused-ring (bicyclic) bond motifs is 1. The molecule has 0 aliphatic carbocycles. The van der Waals surface area contributed by atoms with Crippen LogP contribution >= 0.6 is 11.3 Å². The van der Waals surface area contributed by atoms with Crippen molar-refractivity contribution >= 4 is 28.8 Å². The zero-order chi connectivity index (χ0) is 22.0. The third-order valence-corrected chi connectivity index (χ3v) is 6.14. The van der Waals surface area contributed by atoms with Crippen LogP contribution in [-0.4, -0.2) is 31.6 Å². The van der Waals surface area contributed by atoms with E-state index in [0.29, 0.717) is 23.8 Å². The lowest BCUT2D eigenvalue weighted by atomic mass is 10.1. The summed E-state index contributed by atoms with van der Waals surface area (Å²) in [5, 5.41) is 5.60. The Hall–Kier alpha value is -3.32. The number of carbonyl (C=O) groups is 2. The summed E-state index contributed by atoms with van der Waals surface area (Å²) in [5.74, 6) is 0.907. The highest BCUT2D eigenvalue weighted by Crippen LogP contribution is 2.36. The van der Waals surface area contributed by atoms with Crippen LogP contribution in [0.25, 0.3) is 10.4 Å². The van der Waals surface area contributed by atoms with Crippen molar-refractivity contribution in [1.29, 1.82) is 0 Å². The number of hydrogen-bond acceptors (Lipinski definition) is 5. The number of hydrogen-bond donors (Lipinski definition) is 2. The lowest BCUT2D eigenvalue weighted by Gasteiger charge is -2.18. The van der Waals surface area contributed by atoms with Gasteiger partial charge in [0, 0.05) is 10.6 Å². The summed E-state index contributed by atoms with van der Waals surface area (Å²) in [6.07, 6.45) is 0. The summed E-state index contributed by atoms with van der Waals surface area (Å²) in [5.41, 5.74) is 4.89. The molecule has 2 N–H and O–H groups in total. The number of ether oxygens (including phenoxy) is 2. The lowest BCUT2D eigenvalue weighted by molar-refractivity contribution is -0.115. The molecule has 1 aliphatic heterocycles. The van der Waals surface area contributed by atoms with E-state index in [2.05, 4.69) is 10.6 Å². The first-order chi connectivity index (χ1) is 14.9. The Bertz CT molecular complexity index is 1130. The number of thiophene rings is 1. The van der Waals surface area contributed by atoms with Crippen LogP contribution in [0, 0.1) is 20.8 Å². The lowest BCUT2D eigenvalue weighted by Crippen LogP contribution is -2.32. The second-order valence-corrected chi connectivity index (χ2v) is 8.61. The summed E-state index contributed by atoms with van der Waals surface area (Å²) < 4.78 is 11.2. The largest absolute Gasteiger partial charge is 0.486 e. The summed E-state index contributed by atoms with van der Waals surface area (Å²) in [7, 11) is 0. The molecular weight excluding hydrogens is 412 g/mol. The van der Waals surface area contributed by atoms with E-state index in [9.17, 15) is 9.59 Å². The van der Waals surface area contributed by atoms with E-state index < -0.39 is 0 Å². The summed E-state index contributed by atoms with van der Waals surface area (Å²) in [4.78, 5) is 26.4. The molecule has 2 heterocycles. The first kappa shape index (κ1) is 20.9. The Morgan fingerprint density at radius 2 is 1.65 bits per heavy atom. The molecule has 2 amide bonds. The summed E-state index contributed by atoms with van der Waals surface area (Å²) >= 11 is 1.37. The molecule has 2 aromatic carbocycles. The average molecular weight is 437 g/mol. The minimum absolute atomic E-state index is 0.0944. The smallest absolute Gasteiger partial charge is 0.261 e. The minimum atomic E-state index is -0.277. The fourth-order valence-corrected chi connectivity index (χ4v) is 4.54. The molecule has 31 heavy (non-hydrogen) atoms. The maximum absolute atomic E-state index is 12.5. The van der Waals surface area contributed by atoms with Crippen molar-refractivity contribution in [3.8, 4) is 21.9 Å².